The van der Waals surface area contributed by atoms with Crippen molar-refractivity contribution in [2.75, 3.05) is 19.6 Å². The fourth-order valence-corrected chi connectivity index (χ4v) is 4.76. The number of H-pyrrole nitrogens is 1. The summed E-state index contributed by atoms with van der Waals surface area (Å²) in [7, 11) is -4.81. The number of hydrogen-bond acceptors (Lipinski definition) is 10. The number of carbonyl (C=O) groups excluding carboxylic acids is 5. The number of β-lactam (4-membered cyclic amide) rings is 1. The number of urea groups is 2. The molecule has 0 saturated carbocycles. The zero-order chi connectivity index (χ0) is 29.0. The molecule has 2 saturated heterocycles. The lowest BCUT2D eigenvalue weighted by Crippen LogP contribution is -2.68. The van der Waals surface area contributed by atoms with Crippen LogP contribution in [0, 0.1) is 0 Å². The highest BCUT2D eigenvalue weighted by molar-refractivity contribution is 7.88. The molecule has 0 spiro atoms. The second kappa shape index (κ2) is 11.3. The Kier molecular flexibility index (Phi) is 7.89. The number of benzene rings is 1. The number of carbonyl (C=O) groups is 5. The van der Waals surface area contributed by atoms with E-state index in [4.69, 9.17) is 4.74 Å². The second-order valence-electron chi connectivity index (χ2n) is 8.52. The van der Waals surface area contributed by atoms with E-state index in [0.717, 1.165) is 12.3 Å². The van der Waals surface area contributed by atoms with Gasteiger partial charge >= 0.3 is 28.4 Å². The Balaban J connectivity index is 1.29. The fourth-order valence-electron chi connectivity index (χ4n) is 3.65. The van der Waals surface area contributed by atoms with E-state index in [1.165, 1.54) is 0 Å². The molecule has 5 N–H and O–H groups in total. The number of ether oxygens (including phenoxy) is 1. The lowest BCUT2D eigenvalue weighted by Gasteiger charge is -2.37. The van der Waals surface area contributed by atoms with Crippen molar-refractivity contribution in [1.29, 1.82) is 0 Å². The largest absolute Gasteiger partial charge is 0.503 e. The van der Waals surface area contributed by atoms with Crippen LogP contribution >= 0.6 is 0 Å². The van der Waals surface area contributed by atoms with E-state index in [0.29, 0.717) is 15.5 Å². The van der Waals surface area contributed by atoms with E-state index < -0.39 is 57.4 Å². The molecule has 0 bridgehead atoms. The monoisotopic (exact) mass is 577 g/mol. The van der Waals surface area contributed by atoms with Crippen LogP contribution in [0.15, 0.2) is 47.4 Å². The van der Waals surface area contributed by atoms with Crippen molar-refractivity contribution >= 4 is 40.2 Å². The molecule has 18 heteroatoms. The molecule has 17 nitrogen and oxygen atoms in total. The summed E-state index contributed by atoms with van der Waals surface area (Å²) in [6.45, 7) is -0.827. The summed E-state index contributed by atoms with van der Waals surface area (Å²) in [5.74, 6) is -2.50. The Hall–Kier alpha value is -5.13. The number of aromatic amines is 1. The van der Waals surface area contributed by atoms with Gasteiger partial charge in [-0.2, -0.15) is 8.42 Å². The standard InChI is InChI=1S/C22H23N7O10S/c30-16-9-14(23-10-17(16)31)18(32)25-28-7-4-8-29(22(28)36)40(37,38)26-20(34)27-11-15(19(27)33)24-21(35)39-12-13-5-2-1-3-6-13/h1-3,5-6,9-10,15,31H,4,7-8,11-12H2,(H,23,30)(H,24,35)(H,25,32)(H,26,34)/t15-/m0/s1. The summed E-state index contributed by atoms with van der Waals surface area (Å²) in [5.41, 5.74) is 1.68. The second-order valence-corrected chi connectivity index (χ2v) is 10.1. The SMILES string of the molecule is O=C(N[C@H]1CN(C(=O)NS(=O)(=O)N2CCCN(NC(=O)c3cc(=O)c(O)c[nH]3)C2=O)C1=O)OCc1ccccc1. The quantitative estimate of drug-likeness (QED) is 0.251. The number of pyridine rings is 1. The minimum atomic E-state index is -4.81. The number of hydrogen-bond donors (Lipinski definition) is 5. The third-order valence-electron chi connectivity index (χ3n) is 5.75. The summed E-state index contributed by atoms with van der Waals surface area (Å²) >= 11 is 0. The smallest absolute Gasteiger partial charge is 0.408 e. The summed E-state index contributed by atoms with van der Waals surface area (Å²) < 4.78 is 32.4. The molecule has 2 aromatic rings. The maximum atomic E-state index is 12.8. The Morgan fingerprint density at radius 1 is 1.10 bits per heavy atom. The van der Waals surface area contributed by atoms with Crippen molar-refractivity contribution in [1.82, 2.24) is 34.7 Å². The molecular formula is C22H23N7O10S. The highest BCUT2D eigenvalue weighted by Crippen LogP contribution is 2.15. The van der Waals surface area contributed by atoms with E-state index in [-0.39, 0.29) is 42.7 Å². The van der Waals surface area contributed by atoms with E-state index in [2.05, 4.69) is 15.7 Å². The first kappa shape index (κ1) is 27.9. The number of nitrogens with one attached hydrogen (secondary N) is 4. The van der Waals surface area contributed by atoms with Gasteiger partial charge in [-0.3, -0.25) is 24.7 Å². The molecule has 2 aliphatic heterocycles. The van der Waals surface area contributed by atoms with Gasteiger partial charge in [-0.1, -0.05) is 30.3 Å². The van der Waals surface area contributed by atoms with Gasteiger partial charge in [-0.25, -0.2) is 28.4 Å². The highest BCUT2D eigenvalue weighted by Gasteiger charge is 2.45. The average molecular weight is 578 g/mol. The first-order chi connectivity index (χ1) is 19.0. The molecule has 2 aliphatic rings. The van der Waals surface area contributed by atoms with Crippen LogP contribution in [0.1, 0.15) is 22.5 Å². The van der Waals surface area contributed by atoms with Crippen LogP contribution in [-0.2, 0) is 26.3 Å². The third kappa shape index (κ3) is 6.12. The normalized spacial score (nSPS) is 17.1. The van der Waals surface area contributed by atoms with Crippen molar-refractivity contribution in [2.45, 2.75) is 19.1 Å². The van der Waals surface area contributed by atoms with E-state index in [1.54, 1.807) is 35.1 Å². The number of alkyl carbamates (subject to hydrolysis) is 1. The first-order valence-electron chi connectivity index (χ1n) is 11.6. The molecule has 0 unspecified atom stereocenters. The minimum Gasteiger partial charge on any atom is -0.503 e. The molecule has 2 fully saturated rings. The van der Waals surface area contributed by atoms with Gasteiger partial charge in [0.1, 0.15) is 18.3 Å². The highest BCUT2D eigenvalue weighted by atomic mass is 32.2. The number of amides is 7. The lowest BCUT2D eigenvalue weighted by atomic mass is 10.1. The van der Waals surface area contributed by atoms with Gasteiger partial charge in [0.2, 0.25) is 5.43 Å². The van der Waals surface area contributed by atoms with Crippen LogP contribution in [0.4, 0.5) is 14.4 Å². The summed E-state index contributed by atoms with van der Waals surface area (Å²) in [4.78, 5) is 76.2. The van der Waals surface area contributed by atoms with Gasteiger partial charge in [0.15, 0.2) is 5.75 Å². The van der Waals surface area contributed by atoms with Crippen molar-refractivity contribution in [3.8, 4) is 5.75 Å². The molecule has 1 aromatic heterocycles. The van der Waals surface area contributed by atoms with Crippen molar-refractivity contribution in [2.24, 2.45) is 0 Å². The number of aromatic hydroxyl groups is 1. The molecule has 1 atom stereocenters. The van der Waals surface area contributed by atoms with Crippen LogP contribution in [-0.4, -0.2) is 88.4 Å². The zero-order valence-corrected chi connectivity index (χ0v) is 21.3. The van der Waals surface area contributed by atoms with Crippen molar-refractivity contribution < 1.29 is 42.2 Å². The van der Waals surface area contributed by atoms with Crippen LogP contribution in [0.2, 0.25) is 0 Å². The maximum Gasteiger partial charge on any atom is 0.408 e. The van der Waals surface area contributed by atoms with Gasteiger partial charge in [0.25, 0.3) is 11.8 Å². The summed E-state index contributed by atoms with van der Waals surface area (Å²) in [6, 6.07) is 5.85. The average Bonchev–Trinajstić information content (AvgIpc) is 2.92. The number of aromatic nitrogens is 1. The van der Waals surface area contributed by atoms with E-state index >= 15 is 0 Å². The number of imide groups is 1. The van der Waals surface area contributed by atoms with Gasteiger partial charge < -0.3 is 20.1 Å². The number of rotatable bonds is 7. The zero-order valence-electron chi connectivity index (χ0n) is 20.5. The van der Waals surface area contributed by atoms with Gasteiger partial charge in [0, 0.05) is 25.4 Å². The Labute approximate surface area is 225 Å². The maximum absolute atomic E-state index is 12.8. The number of hydrazine groups is 1. The van der Waals surface area contributed by atoms with Crippen LogP contribution in [0.5, 0.6) is 5.75 Å². The predicted octanol–water partition coefficient (Wildman–Crippen LogP) is -1.06. The first-order valence-corrected chi connectivity index (χ1v) is 13.1. The van der Waals surface area contributed by atoms with E-state index in [1.807, 2.05) is 0 Å². The van der Waals surface area contributed by atoms with Gasteiger partial charge in [-0.15, -0.1) is 0 Å². The van der Waals surface area contributed by atoms with E-state index in [9.17, 15) is 42.3 Å². The Morgan fingerprint density at radius 3 is 2.50 bits per heavy atom. The Morgan fingerprint density at radius 2 is 1.82 bits per heavy atom. The third-order valence-corrected chi connectivity index (χ3v) is 7.10. The van der Waals surface area contributed by atoms with Crippen molar-refractivity contribution in [3.63, 3.8) is 0 Å². The molecule has 4 rings (SSSR count). The molecule has 0 aliphatic carbocycles. The van der Waals surface area contributed by atoms with Crippen molar-refractivity contribution in [3.05, 3.63) is 64.1 Å². The topological polar surface area (TPSA) is 228 Å². The fraction of sp³-hybridized carbons (Fsp3) is 0.273. The molecule has 40 heavy (non-hydrogen) atoms. The van der Waals surface area contributed by atoms with Gasteiger partial charge in [0.05, 0.1) is 6.54 Å². The van der Waals surface area contributed by atoms with Crippen LogP contribution in [0.25, 0.3) is 0 Å². The minimum absolute atomic E-state index is 0.0514. The molecule has 0 radical (unpaired) electrons. The molecule has 212 valence electrons. The van der Waals surface area contributed by atoms with Gasteiger partial charge in [-0.05, 0) is 12.0 Å². The molecule has 1 aromatic carbocycles. The lowest BCUT2D eigenvalue weighted by molar-refractivity contribution is -0.139. The molecular weight excluding hydrogens is 554 g/mol. The number of nitrogens with zero attached hydrogens (tertiary/aromatic N) is 3. The van der Waals surface area contributed by atoms with Crippen LogP contribution < -0.4 is 20.9 Å². The summed E-state index contributed by atoms with van der Waals surface area (Å²) in [5, 5.41) is 12.2. The Bertz CT molecular complexity index is 1510. The number of likely N-dealkylation sites (tertiary alicyclic amines) is 1. The summed E-state index contributed by atoms with van der Waals surface area (Å²) in [6.07, 6.45) is 0.0200. The predicted molar refractivity (Wildman–Crippen MR) is 132 cm³/mol. The van der Waals surface area contributed by atoms with Crippen LogP contribution in [0.3, 0.4) is 0 Å². The molecule has 7 amide bonds. The molecule has 3 heterocycles.